The van der Waals surface area contributed by atoms with Crippen molar-refractivity contribution in [2.45, 2.75) is 12.8 Å². The topological polar surface area (TPSA) is 53.6 Å². The van der Waals surface area contributed by atoms with Crippen LogP contribution >= 0.6 is 0 Å². The number of hydrogen-bond donors (Lipinski definition) is 2. The van der Waals surface area contributed by atoms with Crippen molar-refractivity contribution >= 4 is 6.09 Å². The number of amides is 1. The van der Waals surface area contributed by atoms with Gasteiger partial charge in [0.2, 0.25) is 0 Å². The molecule has 2 aliphatic rings. The summed E-state index contributed by atoms with van der Waals surface area (Å²) in [5, 5.41) is 6.52. The van der Waals surface area contributed by atoms with Crippen LogP contribution < -0.4 is 10.6 Å². The minimum atomic E-state index is -0.139. The van der Waals surface area contributed by atoms with Crippen LogP contribution in [0.1, 0.15) is 12.8 Å². The Hall–Kier alpha value is -0.810. The number of nitrogens with zero attached hydrogens (tertiary/aromatic N) is 1. The van der Waals surface area contributed by atoms with Gasteiger partial charge in [0.25, 0.3) is 0 Å². The quantitative estimate of drug-likeness (QED) is 0.699. The minimum absolute atomic E-state index is 0.139. The molecule has 2 aliphatic heterocycles. The fourth-order valence-electron chi connectivity index (χ4n) is 2.18. The maximum absolute atomic E-state index is 11.7. The standard InChI is InChI=1S/C11H21N3O2/c15-11(14-7-5-13-6-8-14)16-9-10-1-3-12-4-2-10/h10,12-13H,1-9H2. The second kappa shape index (κ2) is 6.06. The third-order valence-corrected chi connectivity index (χ3v) is 3.28. The van der Waals surface area contributed by atoms with Crippen molar-refractivity contribution in [1.29, 1.82) is 0 Å². The van der Waals surface area contributed by atoms with Gasteiger partial charge in [-0.05, 0) is 31.8 Å². The highest BCUT2D eigenvalue weighted by atomic mass is 16.6. The number of carbonyl (C=O) groups is 1. The molecule has 2 rings (SSSR count). The number of rotatable bonds is 2. The highest BCUT2D eigenvalue weighted by molar-refractivity contribution is 5.67. The van der Waals surface area contributed by atoms with Gasteiger partial charge in [-0.2, -0.15) is 0 Å². The van der Waals surface area contributed by atoms with Gasteiger partial charge in [-0.25, -0.2) is 4.79 Å². The van der Waals surface area contributed by atoms with E-state index in [4.69, 9.17) is 4.74 Å². The number of piperidine rings is 1. The summed E-state index contributed by atoms with van der Waals surface area (Å²) in [6, 6.07) is 0. The van der Waals surface area contributed by atoms with E-state index in [0.29, 0.717) is 12.5 Å². The molecule has 0 saturated carbocycles. The van der Waals surface area contributed by atoms with Crippen LogP contribution in [0.4, 0.5) is 4.79 Å². The summed E-state index contributed by atoms with van der Waals surface area (Å²) in [5.74, 6) is 0.549. The first-order valence-electron chi connectivity index (χ1n) is 6.19. The SMILES string of the molecule is O=C(OCC1CCNCC1)N1CCNCC1. The number of hydrogen-bond acceptors (Lipinski definition) is 4. The van der Waals surface area contributed by atoms with Crippen molar-refractivity contribution in [3.8, 4) is 0 Å². The Morgan fingerprint density at radius 2 is 1.75 bits per heavy atom. The average molecular weight is 227 g/mol. The molecule has 0 aromatic carbocycles. The van der Waals surface area contributed by atoms with Gasteiger partial charge in [-0.1, -0.05) is 0 Å². The van der Waals surface area contributed by atoms with Gasteiger partial charge in [0.05, 0.1) is 6.61 Å². The van der Waals surface area contributed by atoms with Gasteiger partial charge in [0.1, 0.15) is 0 Å². The Morgan fingerprint density at radius 1 is 1.12 bits per heavy atom. The van der Waals surface area contributed by atoms with Crippen LogP contribution in [0.5, 0.6) is 0 Å². The minimum Gasteiger partial charge on any atom is -0.449 e. The van der Waals surface area contributed by atoms with E-state index in [2.05, 4.69) is 10.6 Å². The molecule has 0 bridgehead atoms. The molecule has 16 heavy (non-hydrogen) atoms. The summed E-state index contributed by atoms with van der Waals surface area (Å²) in [4.78, 5) is 13.5. The van der Waals surface area contributed by atoms with E-state index in [1.165, 1.54) is 0 Å². The van der Waals surface area contributed by atoms with E-state index in [-0.39, 0.29) is 6.09 Å². The summed E-state index contributed by atoms with van der Waals surface area (Å²) in [7, 11) is 0. The van der Waals surface area contributed by atoms with Crippen LogP contribution in [-0.4, -0.2) is 56.9 Å². The summed E-state index contributed by atoms with van der Waals surface area (Å²) < 4.78 is 5.35. The Labute approximate surface area is 96.5 Å². The molecule has 0 aliphatic carbocycles. The zero-order valence-electron chi connectivity index (χ0n) is 9.71. The number of ether oxygens (including phenoxy) is 1. The van der Waals surface area contributed by atoms with Gasteiger partial charge in [-0.3, -0.25) is 0 Å². The van der Waals surface area contributed by atoms with E-state index >= 15 is 0 Å². The molecule has 1 amide bonds. The van der Waals surface area contributed by atoms with Gasteiger partial charge in [0.15, 0.2) is 0 Å². The van der Waals surface area contributed by atoms with Crippen molar-refractivity contribution in [3.05, 3.63) is 0 Å². The van der Waals surface area contributed by atoms with Crippen molar-refractivity contribution in [2.75, 3.05) is 45.9 Å². The Balaban J connectivity index is 1.65. The molecule has 2 N–H and O–H groups in total. The van der Waals surface area contributed by atoms with Crippen LogP contribution in [0.2, 0.25) is 0 Å². The normalized spacial score (nSPS) is 23.1. The molecule has 0 spiro atoms. The molecule has 0 aromatic heterocycles. The molecule has 92 valence electrons. The van der Waals surface area contributed by atoms with Crippen LogP contribution in [0.25, 0.3) is 0 Å². The molecule has 0 atom stereocenters. The Morgan fingerprint density at radius 3 is 2.44 bits per heavy atom. The maximum Gasteiger partial charge on any atom is 0.409 e. The highest BCUT2D eigenvalue weighted by Crippen LogP contribution is 2.12. The van der Waals surface area contributed by atoms with Gasteiger partial charge in [0, 0.05) is 26.2 Å². The first-order chi connectivity index (χ1) is 7.86. The zero-order chi connectivity index (χ0) is 11.2. The average Bonchev–Trinajstić information content (AvgIpc) is 2.38. The molecule has 5 nitrogen and oxygen atoms in total. The van der Waals surface area contributed by atoms with Gasteiger partial charge >= 0.3 is 6.09 Å². The fraction of sp³-hybridized carbons (Fsp3) is 0.909. The van der Waals surface area contributed by atoms with Crippen molar-refractivity contribution in [1.82, 2.24) is 15.5 Å². The predicted molar refractivity (Wildman–Crippen MR) is 61.4 cm³/mol. The van der Waals surface area contributed by atoms with E-state index in [9.17, 15) is 4.79 Å². The van der Waals surface area contributed by atoms with E-state index in [0.717, 1.165) is 52.1 Å². The molecule has 0 unspecified atom stereocenters. The molecule has 0 aromatic rings. The Bertz CT molecular complexity index is 223. The van der Waals surface area contributed by atoms with E-state index in [1.807, 2.05) is 0 Å². The second-order valence-corrected chi connectivity index (χ2v) is 4.51. The molecule has 5 heteroatoms. The lowest BCUT2D eigenvalue weighted by Gasteiger charge is -2.28. The van der Waals surface area contributed by atoms with Crippen molar-refractivity contribution < 1.29 is 9.53 Å². The lowest BCUT2D eigenvalue weighted by molar-refractivity contribution is 0.0781. The molecule has 2 saturated heterocycles. The van der Waals surface area contributed by atoms with Crippen molar-refractivity contribution in [2.24, 2.45) is 5.92 Å². The molecular formula is C11H21N3O2. The number of carbonyl (C=O) groups excluding carboxylic acids is 1. The lowest BCUT2D eigenvalue weighted by Crippen LogP contribution is -2.47. The smallest absolute Gasteiger partial charge is 0.409 e. The third kappa shape index (κ3) is 3.35. The highest BCUT2D eigenvalue weighted by Gasteiger charge is 2.20. The summed E-state index contributed by atoms with van der Waals surface area (Å²) in [6.45, 7) is 5.98. The molecule has 0 radical (unpaired) electrons. The Kier molecular flexibility index (Phi) is 4.42. The number of piperazine rings is 1. The maximum atomic E-state index is 11.7. The monoisotopic (exact) mass is 227 g/mol. The second-order valence-electron chi connectivity index (χ2n) is 4.51. The molecule has 2 fully saturated rings. The summed E-state index contributed by atoms with van der Waals surface area (Å²) >= 11 is 0. The predicted octanol–water partition coefficient (Wildman–Crippen LogP) is 0.0278. The number of nitrogens with one attached hydrogen (secondary N) is 2. The summed E-state index contributed by atoms with van der Waals surface area (Å²) in [5.41, 5.74) is 0. The lowest BCUT2D eigenvalue weighted by atomic mass is 9.99. The first kappa shape index (κ1) is 11.7. The largest absolute Gasteiger partial charge is 0.449 e. The van der Waals surface area contributed by atoms with Gasteiger partial charge < -0.3 is 20.3 Å². The van der Waals surface area contributed by atoms with Crippen LogP contribution in [0.3, 0.4) is 0 Å². The van der Waals surface area contributed by atoms with Crippen LogP contribution in [-0.2, 0) is 4.74 Å². The van der Waals surface area contributed by atoms with Crippen LogP contribution in [0.15, 0.2) is 0 Å². The van der Waals surface area contributed by atoms with Crippen molar-refractivity contribution in [3.63, 3.8) is 0 Å². The molecular weight excluding hydrogens is 206 g/mol. The fourth-order valence-corrected chi connectivity index (χ4v) is 2.18. The first-order valence-corrected chi connectivity index (χ1v) is 6.19. The summed E-state index contributed by atoms with van der Waals surface area (Å²) in [6.07, 6.45) is 2.10. The van der Waals surface area contributed by atoms with Gasteiger partial charge in [-0.15, -0.1) is 0 Å². The van der Waals surface area contributed by atoms with E-state index in [1.54, 1.807) is 4.90 Å². The molecule has 2 heterocycles. The van der Waals surface area contributed by atoms with E-state index < -0.39 is 0 Å². The third-order valence-electron chi connectivity index (χ3n) is 3.28. The van der Waals surface area contributed by atoms with Crippen LogP contribution in [0, 0.1) is 5.92 Å². The zero-order valence-corrected chi connectivity index (χ0v) is 9.71.